The molecule has 1 aromatic carbocycles. The van der Waals surface area contributed by atoms with Crippen molar-refractivity contribution in [2.45, 2.75) is 81.4 Å². The van der Waals surface area contributed by atoms with Gasteiger partial charge in [-0.05, 0) is 62.9 Å². The number of rotatable bonds is 10. The molecule has 3 heterocycles. The van der Waals surface area contributed by atoms with E-state index in [1.54, 1.807) is 0 Å². The van der Waals surface area contributed by atoms with E-state index in [1.807, 2.05) is 0 Å². The van der Waals surface area contributed by atoms with Gasteiger partial charge in [-0.3, -0.25) is 25.1 Å². The summed E-state index contributed by atoms with van der Waals surface area (Å²) in [6.45, 7) is 3.00. The van der Waals surface area contributed by atoms with Gasteiger partial charge in [-0.1, -0.05) is 18.1 Å². The largest absolute Gasteiger partial charge is 0.378 e. The fourth-order valence-electron chi connectivity index (χ4n) is 6.76. The van der Waals surface area contributed by atoms with Crippen LogP contribution in [0.1, 0.15) is 85.5 Å². The number of allylic oxidation sites excluding steroid dienone is 4. The molecule has 1 aliphatic heterocycles. The predicted octanol–water partition coefficient (Wildman–Crippen LogP) is 5.08. The van der Waals surface area contributed by atoms with Crippen LogP contribution < -0.4 is 26.0 Å². The van der Waals surface area contributed by atoms with Crippen LogP contribution in [0.15, 0.2) is 59.6 Å². The summed E-state index contributed by atoms with van der Waals surface area (Å²) in [7, 11) is -4.35. The highest BCUT2D eigenvalue weighted by Gasteiger charge is 2.55. The maximum Gasteiger partial charge on any atom is 0.297 e. The Morgan fingerprint density at radius 1 is 1.09 bits per heavy atom. The number of nitrogens with zero attached hydrogens (tertiary/aromatic N) is 3. The molecule has 0 bridgehead atoms. The number of carbonyl (C=O) groups excluding carboxylic acids is 1. The highest BCUT2D eigenvalue weighted by atomic mass is 35.5. The fraction of sp³-hybridized carbons (Fsp3) is 0.361. The molecule has 0 saturated carbocycles. The average Bonchev–Trinajstić information content (AvgIpc) is 3.68. The van der Waals surface area contributed by atoms with E-state index in [0.717, 1.165) is 12.1 Å². The molecule has 22 heteroatoms. The summed E-state index contributed by atoms with van der Waals surface area (Å²) in [6, 6.07) is 3.80. The SMILES string of the molecule is CC(C)(O)C#Cc1ccc(C2=C3NNC(NS(N)(=O)=O)=C3C(C)(Cl)C=C2)c([C@H](Cc2cc(F)cc(F)c2)NC(=O)Cn2nc(C(F)F)c3c2C(F)(F)CCC3(F)F)n1. The van der Waals surface area contributed by atoms with E-state index in [2.05, 4.69) is 42.8 Å². The lowest BCUT2D eigenvalue weighted by molar-refractivity contribution is -0.123. The maximum atomic E-state index is 15.2. The molecule has 2 atom stereocenters. The summed E-state index contributed by atoms with van der Waals surface area (Å²) in [5.41, 5.74) is -0.479. The monoisotopic (exact) mass is 860 g/mol. The molecule has 0 spiro atoms. The minimum Gasteiger partial charge on any atom is -0.378 e. The van der Waals surface area contributed by atoms with Gasteiger partial charge in [-0.25, -0.2) is 36.5 Å². The van der Waals surface area contributed by atoms with Gasteiger partial charge < -0.3 is 10.4 Å². The molecule has 2 aromatic heterocycles. The first-order valence-corrected chi connectivity index (χ1v) is 19.0. The molecule has 3 aromatic rings. The predicted molar refractivity (Wildman–Crippen MR) is 192 cm³/mol. The Morgan fingerprint density at radius 2 is 1.74 bits per heavy atom. The first kappa shape index (κ1) is 42.4. The average molecular weight is 861 g/mol. The molecule has 0 radical (unpaired) electrons. The molecule has 1 unspecified atom stereocenters. The van der Waals surface area contributed by atoms with Gasteiger partial charge in [0.1, 0.15) is 46.7 Å². The molecule has 3 aliphatic rings. The van der Waals surface area contributed by atoms with Gasteiger partial charge in [0.15, 0.2) is 0 Å². The van der Waals surface area contributed by atoms with Crippen LogP contribution in [0.5, 0.6) is 0 Å². The maximum absolute atomic E-state index is 15.2. The molecule has 12 nitrogen and oxygen atoms in total. The van der Waals surface area contributed by atoms with Crippen molar-refractivity contribution in [1.29, 1.82) is 0 Å². The third-order valence-corrected chi connectivity index (χ3v) is 9.87. The number of benzene rings is 1. The van der Waals surface area contributed by atoms with Crippen molar-refractivity contribution < 1.29 is 53.4 Å². The third-order valence-electron chi connectivity index (χ3n) is 9.06. The van der Waals surface area contributed by atoms with E-state index in [-0.39, 0.29) is 49.9 Å². The second-order valence-electron chi connectivity index (χ2n) is 14.4. The molecular formula is C36H33ClF8N8O4S. The molecule has 1 amide bonds. The molecular weight excluding hydrogens is 828 g/mol. The molecule has 310 valence electrons. The van der Waals surface area contributed by atoms with Crippen molar-refractivity contribution in [3.63, 3.8) is 0 Å². The van der Waals surface area contributed by atoms with E-state index in [1.165, 1.54) is 45.1 Å². The van der Waals surface area contributed by atoms with Crippen LogP contribution in [0.25, 0.3) is 5.57 Å². The molecule has 7 N–H and O–H groups in total. The molecule has 0 saturated heterocycles. The molecule has 58 heavy (non-hydrogen) atoms. The quantitative estimate of drug-likeness (QED) is 0.0930. The number of carbonyl (C=O) groups is 1. The Kier molecular flexibility index (Phi) is 10.9. The lowest BCUT2D eigenvalue weighted by atomic mass is 9.85. The first-order chi connectivity index (χ1) is 26.7. The lowest BCUT2D eigenvalue weighted by Crippen LogP contribution is -2.37. The highest BCUT2D eigenvalue weighted by Crippen LogP contribution is 2.52. The van der Waals surface area contributed by atoms with Crippen molar-refractivity contribution in [2.24, 2.45) is 5.14 Å². The number of hydrogen-bond acceptors (Lipinski definition) is 8. The molecule has 0 fully saturated rings. The zero-order valence-corrected chi connectivity index (χ0v) is 32.0. The fourth-order valence-corrected chi connectivity index (χ4v) is 7.45. The Labute approximate surface area is 330 Å². The Morgan fingerprint density at radius 3 is 2.36 bits per heavy atom. The van der Waals surface area contributed by atoms with Crippen molar-refractivity contribution >= 4 is 33.3 Å². The second kappa shape index (κ2) is 14.9. The van der Waals surface area contributed by atoms with Crippen LogP contribution in [0, 0.1) is 23.5 Å². The van der Waals surface area contributed by atoms with Gasteiger partial charge in [0.2, 0.25) is 5.91 Å². The summed E-state index contributed by atoms with van der Waals surface area (Å²) < 4.78 is 143. The van der Waals surface area contributed by atoms with Crippen LogP contribution in [-0.4, -0.2) is 44.7 Å². The topological polar surface area (TPSA) is 176 Å². The normalized spacial score (nSPS) is 20.1. The van der Waals surface area contributed by atoms with Crippen molar-refractivity contribution in [1.82, 2.24) is 35.7 Å². The molecule has 6 rings (SSSR count). The number of pyridine rings is 1. The number of nitrogens with two attached hydrogens (primary N) is 1. The number of fused-ring (bicyclic) bond motifs is 2. The van der Waals surface area contributed by atoms with Gasteiger partial charge in [0, 0.05) is 35.6 Å². The van der Waals surface area contributed by atoms with Crippen molar-refractivity contribution in [2.75, 3.05) is 0 Å². The van der Waals surface area contributed by atoms with Crippen LogP contribution in [0.2, 0.25) is 0 Å². The zero-order chi connectivity index (χ0) is 42.7. The highest BCUT2D eigenvalue weighted by molar-refractivity contribution is 7.87. The Bertz CT molecular complexity index is 2450. The standard InChI is InChI=1S/C36H33ClF8N8O4S/c1-33(2,55)8-6-20-4-5-21(22-7-9-34(3,37)26-28(22)49-50-32(26)52-58(46,56)57)27(47-20)23(14-17-12-18(38)15-19(39)13-17)48-24(54)16-53-30-25(29(51-53)31(40)41)35(42,43)10-11-36(30,44)45/h4-5,7,9,12-13,15,23,31,49-50,52,55H,10-11,14,16H2,1-3H3,(H,48,54)(H2,46,56,57)/t23-,34?/m0/s1. The van der Waals surface area contributed by atoms with Crippen LogP contribution >= 0.6 is 11.6 Å². The Hall–Kier alpha value is -5.17. The summed E-state index contributed by atoms with van der Waals surface area (Å²) in [5, 5.41) is 21.3. The van der Waals surface area contributed by atoms with E-state index < -0.39 is 105 Å². The number of aromatic nitrogens is 3. The summed E-state index contributed by atoms with van der Waals surface area (Å²) in [6.07, 6.45) is -4.09. The van der Waals surface area contributed by atoms with E-state index in [9.17, 15) is 44.7 Å². The van der Waals surface area contributed by atoms with Crippen LogP contribution in [-0.2, 0) is 39.8 Å². The summed E-state index contributed by atoms with van der Waals surface area (Å²) in [4.78, 5) is 17.1. The number of hydrazine groups is 1. The van der Waals surface area contributed by atoms with E-state index >= 15 is 8.78 Å². The van der Waals surface area contributed by atoms with Crippen LogP contribution in [0.4, 0.5) is 35.1 Å². The lowest BCUT2D eigenvalue weighted by Gasteiger charge is -2.30. The minimum atomic E-state index is -4.35. The smallest absolute Gasteiger partial charge is 0.297 e. The van der Waals surface area contributed by atoms with Crippen molar-refractivity contribution in [3.05, 3.63) is 111 Å². The molecule has 2 aliphatic carbocycles. The van der Waals surface area contributed by atoms with Gasteiger partial charge in [-0.15, -0.1) is 11.6 Å². The number of amides is 1. The number of halogens is 9. The minimum absolute atomic E-state index is 0.0208. The third kappa shape index (κ3) is 8.94. The zero-order valence-electron chi connectivity index (χ0n) is 30.4. The number of hydrogen-bond donors (Lipinski definition) is 6. The van der Waals surface area contributed by atoms with Gasteiger partial charge in [-0.2, -0.15) is 22.3 Å². The van der Waals surface area contributed by atoms with Gasteiger partial charge in [0.25, 0.3) is 28.5 Å². The number of nitrogens with one attached hydrogen (secondary N) is 4. The Balaban J connectivity index is 1.53. The second-order valence-corrected chi connectivity index (χ2v) is 16.4. The van der Waals surface area contributed by atoms with Gasteiger partial charge >= 0.3 is 0 Å². The summed E-state index contributed by atoms with van der Waals surface area (Å²) >= 11 is 6.78. The van der Waals surface area contributed by atoms with Crippen molar-refractivity contribution in [3.8, 4) is 11.8 Å². The van der Waals surface area contributed by atoms with E-state index in [4.69, 9.17) is 16.7 Å². The van der Waals surface area contributed by atoms with E-state index in [0.29, 0.717) is 6.07 Å². The number of aliphatic hydroxyl groups is 1. The number of alkyl halides is 7. The van der Waals surface area contributed by atoms with Crippen LogP contribution in [0.3, 0.4) is 0 Å². The summed E-state index contributed by atoms with van der Waals surface area (Å²) in [5.74, 6) is -6.39. The first-order valence-electron chi connectivity index (χ1n) is 17.1. The van der Waals surface area contributed by atoms with Gasteiger partial charge in [0.05, 0.1) is 27.9 Å².